The molecule has 1 aliphatic rings. The molecule has 104 valence electrons. The Morgan fingerprint density at radius 2 is 1.90 bits per heavy atom. The quantitative estimate of drug-likeness (QED) is 0.927. The molecule has 1 amide bonds. The number of anilines is 2. The fourth-order valence-electron chi connectivity index (χ4n) is 2.30. The lowest BCUT2D eigenvalue weighted by Crippen LogP contribution is -2.17. The van der Waals surface area contributed by atoms with E-state index in [1.54, 1.807) is 6.92 Å². The van der Waals surface area contributed by atoms with Crippen molar-refractivity contribution in [1.29, 1.82) is 0 Å². The van der Waals surface area contributed by atoms with Crippen LogP contribution in [0.4, 0.5) is 11.4 Å². The summed E-state index contributed by atoms with van der Waals surface area (Å²) in [5, 5.41) is 10.1. The van der Waals surface area contributed by atoms with Crippen LogP contribution in [0.25, 0.3) is 0 Å². The van der Waals surface area contributed by atoms with Gasteiger partial charge in [0.15, 0.2) is 0 Å². The maximum Gasteiger partial charge on any atom is 0.313 e. The summed E-state index contributed by atoms with van der Waals surface area (Å²) in [5.74, 6) is -0.0369. The minimum atomic E-state index is -0.389. The lowest BCUT2D eigenvalue weighted by Gasteiger charge is -2.17. The Balaban J connectivity index is 1.67. The van der Waals surface area contributed by atoms with E-state index in [2.05, 4.69) is 20.4 Å². The van der Waals surface area contributed by atoms with Crippen LogP contribution >= 0.6 is 0 Å². The average Bonchev–Trinajstić information content (AvgIpc) is 3.10. The molecule has 0 aliphatic carbocycles. The molecule has 20 heavy (non-hydrogen) atoms. The number of aromatic nitrogens is 2. The van der Waals surface area contributed by atoms with Crippen LogP contribution in [0.2, 0.25) is 0 Å². The molecular weight excluding hydrogens is 256 g/mol. The number of nitrogens with zero attached hydrogens (tertiary/aromatic N) is 3. The molecule has 2 aromatic rings. The van der Waals surface area contributed by atoms with Crippen LogP contribution in [0, 0.1) is 6.92 Å². The summed E-state index contributed by atoms with van der Waals surface area (Å²) in [6, 6.07) is 7.80. The van der Waals surface area contributed by atoms with E-state index in [1.807, 2.05) is 24.3 Å². The monoisotopic (exact) mass is 272 g/mol. The summed E-state index contributed by atoms with van der Waals surface area (Å²) in [6.07, 6.45) is 2.49. The second-order valence-electron chi connectivity index (χ2n) is 4.82. The number of carbonyl (C=O) groups is 1. The fourth-order valence-corrected chi connectivity index (χ4v) is 2.30. The van der Waals surface area contributed by atoms with E-state index in [1.165, 1.54) is 18.5 Å². The van der Waals surface area contributed by atoms with Crippen molar-refractivity contribution in [1.82, 2.24) is 10.2 Å². The number of rotatable bonds is 3. The Labute approximate surface area is 116 Å². The van der Waals surface area contributed by atoms with Gasteiger partial charge in [0, 0.05) is 31.4 Å². The number of aryl methyl sites for hydroxylation is 1. The third kappa shape index (κ3) is 2.64. The molecule has 0 unspecified atom stereocenters. The van der Waals surface area contributed by atoms with Gasteiger partial charge in [-0.1, -0.05) is 0 Å². The van der Waals surface area contributed by atoms with Crippen LogP contribution in [0.1, 0.15) is 29.4 Å². The molecule has 1 saturated heterocycles. The van der Waals surface area contributed by atoms with Crippen molar-refractivity contribution in [2.24, 2.45) is 0 Å². The summed E-state index contributed by atoms with van der Waals surface area (Å²) in [7, 11) is 0. The number of amides is 1. The first-order valence-corrected chi connectivity index (χ1v) is 6.69. The van der Waals surface area contributed by atoms with Crippen molar-refractivity contribution >= 4 is 17.3 Å². The molecule has 0 radical (unpaired) electrons. The Bertz CT molecular complexity index is 600. The number of benzene rings is 1. The van der Waals surface area contributed by atoms with Crippen molar-refractivity contribution in [3.63, 3.8) is 0 Å². The number of carbonyl (C=O) groups excluding carboxylic acids is 1. The van der Waals surface area contributed by atoms with Gasteiger partial charge < -0.3 is 14.6 Å². The second-order valence-corrected chi connectivity index (χ2v) is 4.82. The van der Waals surface area contributed by atoms with E-state index in [-0.39, 0.29) is 11.8 Å². The maximum atomic E-state index is 11.9. The summed E-state index contributed by atoms with van der Waals surface area (Å²) in [5.41, 5.74) is 1.91. The van der Waals surface area contributed by atoms with Gasteiger partial charge in [-0.2, -0.15) is 0 Å². The van der Waals surface area contributed by atoms with E-state index in [0.29, 0.717) is 11.6 Å². The molecule has 6 heteroatoms. The highest BCUT2D eigenvalue weighted by Crippen LogP contribution is 2.22. The molecule has 1 aromatic carbocycles. The molecule has 1 aliphatic heterocycles. The van der Waals surface area contributed by atoms with E-state index >= 15 is 0 Å². The molecule has 1 N–H and O–H groups in total. The number of hydrogen-bond acceptors (Lipinski definition) is 5. The zero-order valence-corrected chi connectivity index (χ0v) is 11.3. The Hall–Kier alpha value is -2.37. The van der Waals surface area contributed by atoms with Crippen LogP contribution in [-0.2, 0) is 0 Å². The van der Waals surface area contributed by atoms with E-state index in [9.17, 15) is 4.79 Å². The van der Waals surface area contributed by atoms with Crippen molar-refractivity contribution in [3.05, 3.63) is 36.0 Å². The average molecular weight is 272 g/mol. The number of hydrogen-bond donors (Lipinski definition) is 1. The standard InChI is InChI=1S/C14H16N4O2/c1-10-16-17-14(20-10)13(19)15-11-4-6-12(7-5-11)18-8-2-3-9-18/h4-7H,2-3,8-9H2,1H3,(H,15,19). The summed E-state index contributed by atoms with van der Waals surface area (Å²) in [6.45, 7) is 3.86. The highest BCUT2D eigenvalue weighted by Gasteiger charge is 2.14. The summed E-state index contributed by atoms with van der Waals surface area (Å²) in [4.78, 5) is 14.2. The number of nitrogens with one attached hydrogen (secondary N) is 1. The molecule has 0 atom stereocenters. The first-order valence-electron chi connectivity index (χ1n) is 6.69. The molecule has 3 rings (SSSR count). The van der Waals surface area contributed by atoms with Crippen LogP contribution < -0.4 is 10.2 Å². The highest BCUT2D eigenvalue weighted by atomic mass is 16.4. The predicted molar refractivity (Wildman–Crippen MR) is 74.9 cm³/mol. The SMILES string of the molecule is Cc1nnc(C(=O)Nc2ccc(N3CCCC3)cc2)o1. The van der Waals surface area contributed by atoms with Gasteiger partial charge in [-0.25, -0.2) is 0 Å². The molecule has 2 heterocycles. The molecule has 6 nitrogen and oxygen atoms in total. The summed E-state index contributed by atoms with van der Waals surface area (Å²) < 4.78 is 5.08. The molecule has 0 saturated carbocycles. The van der Waals surface area contributed by atoms with Crippen molar-refractivity contribution in [2.45, 2.75) is 19.8 Å². The second kappa shape index (κ2) is 5.32. The van der Waals surface area contributed by atoms with Gasteiger partial charge in [-0.3, -0.25) is 4.79 Å². The van der Waals surface area contributed by atoms with Gasteiger partial charge in [-0.05, 0) is 37.1 Å². The van der Waals surface area contributed by atoms with Crippen LogP contribution in [0.15, 0.2) is 28.7 Å². The molecule has 1 fully saturated rings. The van der Waals surface area contributed by atoms with Gasteiger partial charge in [0.25, 0.3) is 0 Å². The van der Waals surface area contributed by atoms with E-state index < -0.39 is 0 Å². The van der Waals surface area contributed by atoms with Gasteiger partial charge in [0.05, 0.1) is 0 Å². The Morgan fingerprint density at radius 1 is 1.20 bits per heavy atom. The Kier molecular flexibility index (Phi) is 3.37. The van der Waals surface area contributed by atoms with Crippen molar-refractivity contribution in [3.8, 4) is 0 Å². The lowest BCUT2D eigenvalue weighted by atomic mass is 10.2. The topological polar surface area (TPSA) is 71.3 Å². The van der Waals surface area contributed by atoms with Crippen LogP contribution in [-0.4, -0.2) is 29.2 Å². The predicted octanol–water partition coefficient (Wildman–Crippen LogP) is 2.23. The minimum absolute atomic E-state index is 0.0221. The maximum absolute atomic E-state index is 11.9. The smallest absolute Gasteiger partial charge is 0.313 e. The molecule has 1 aromatic heterocycles. The normalized spacial score (nSPS) is 14.6. The minimum Gasteiger partial charge on any atom is -0.417 e. The first kappa shape index (κ1) is 12.7. The van der Waals surface area contributed by atoms with Gasteiger partial charge in [0.1, 0.15) is 0 Å². The van der Waals surface area contributed by atoms with Crippen LogP contribution in [0.5, 0.6) is 0 Å². The van der Waals surface area contributed by atoms with Gasteiger partial charge in [0.2, 0.25) is 5.89 Å². The zero-order valence-electron chi connectivity index (χ0n) is 11.3. The van der Waals surface area contributed by atoms with E-state index in [4.69, 9.17) is 4.42 Å². The molecular formula is C14H16N4O2. The highest BCUT2D eigenvalue weighted by molar-refractivity contribution is 6.00. The Morgan fingerprint density at radius 3 is 2.50 bits per heavy atom. The first-order chi connectivity index (χ1) is 9.72. The van der Waals surface area contributed by atoms with Gasteiger partial charge in [-0.15, -0.1) is 10.2 Å². The zero-order chi connectivity index (χ0) is 13.9. The summed E-state index contributed by atoms with van der Waals surface area (Å²) >= 11 is 0. The van der Waals surface area contributed by atoms with E-state index in [0.717, 1.165) is 13.1 Å². The third-order valence-electron chi connectivity index (χ3n) is 3.32. The third-order valence-corrected chi connectivity index (χ3v) is 3.32. The van der Waals surface area contributed by atoms with Crippen molar-refractivity contribution < 1.29 is 9.21 Å². The van der Waals surface area contributed by atoms with Gasteiger partial charge >= 0.3 is 11.8 Å². The molecule has 0 bridgehead atoms. The largest absolute Gasteiger partial charge is 0.417 e. The molecule has 0 spiro atoms. The van der Waals surface area contributed by atoms with Crippen LogP contribution in [0.3, 0.4) is 0 Å². The fraction of sp³-hybridized carbons (Fsp3) is 0.357. The van der Waals surface area contributed by atoms with Crippen molar-refractivity contribution in [2.75, 3.05) is 23.3 Å². The lowest BCUT2D eigenvalue weighted by molar-refractivity contribution is 0.0989.